The molecule has 112 valence electrons. The van der Waals surface area contributed by atoms with E-state index in [1.165, 1.54) is 11.3 Å². The minimum Gasteiger partial charge on any atom is -0.289 e. The molecule has 0 aliphatic rings. The molecular formula is C14H18N4OS2. The predicted molar refractivity (Wildman–Crippen MR) is 88.7 cm³/mol. The second-order valence-corrected chi connectivity index (χ2v) is 7.13. The molecule has 1 amide bonds. The van der Waals surface area contributed by atoms with Gasteiger partial charge in [-0.2, -0.15) is 11.8 Å². The van der Waals surface area contributed by atoms with Crippen LogP contribution >= 0.6 is 23.1 Å². The lowest BCUT2D eigenvalue weighted by Gasteiger charge is -2.26. The standard InChI is InChI=1S/C14H18N4OS2/c1-14(2,9-20-4)12(19)18(3)13-17-16-11(21-13)10-6-5-7-15-8-10/h5-8H,9H2,1-4H3. The molecule has 0 aliphatic heterocycles. The molecule has 0 radical (unpaired) electrons. The Morgan fingerprint density at radius 2 is 2.19 bits per heavy atom. The van der Waals surface area contributed by atoms with Gasteiger partial charge < -0.3 is 0 Å². The van der Waals surface area contributed by atoms with Crippen molar-refractivity contribution in [3.05, 3.63) is 24.5 Å². The van der Waals surface area contributed by atoms with Crippen molar-refractivity contribution in [1.29, 1.82) is 0 Å². The Morgan fingerprint density at radius 1 is 1.43 bits per heavy atom. The lowest BCUT2D eigenvalue weighted by Crippen LogP contribution is -2.40. The quantitative estimate of drug-likeness (QED) is 0.847. The fraction of sp³-hybridized carbons (Fsp3) is 0.429. The number of hydrogen-bond donors (Lipinski definition) is 0. The summed E-state index contributed by atoms with van der Waals surface area (Å²) < 4.78 is 0. The van der Waals surface area contributed by atoms with E-state index < -0.39 is 5.41 Å². The molecule has 0 aromatic carbocycles. The molecule has 0 atom stereocenters. The topological polar surface area (TPSA) is 59.0 Å². The third-order valence-corrected chi connectivity index (χ3v) is 5.06. The number of thioether (sulfide) groups is 1. The van der Waals surface area contributed by atoms with Crippen LogP contribution in [0.4, 0.5) is 5.13 Å². The molecule has 0 bridgehead atoms. The molecule has 7 heteroatoms. The largest absolute Gasteiger partial charge is 0.289 e. The summed E-state index contributed by atoms with van der Waals surface area (Å²) in [5.74, 6) is 0.815. The molecule has 0 saturated carbocycles. The molecule has 0 aliphatic carbocycles. The molecule has 2 rings (SSSR count). The Labute approximate surface area is 132 Å². The Bertz CT molecular complexity index is 612. The molecule has 5 nitrogen and oxygen atoms in total. The van der Waals surface area contributed by atoms with Crippen LogP contribution in [0.1, 0.15) is 13.8 Å². The maximum Gasteiger partial charge on any atom is 0.235 e. The number of rotatable bonds is 5. The van der Waals surface area contributed by atoms with Crippen LogP contribution in [0.5, 0.6) is 0 Å². The Kier molecular flexibility index (Phi) is 4.95. The maximum atomic E-state index is 12.5. The van der Waals surface area contributed by atoms with Gasteiger partial charge in [0, 0.05) is 30.8 Å². The minimum atomic E-state index is -0.422. The summed E-state index contributed by atoms with van der Waals surface area (Å²) in [6.07, 6.45) is 5.45. The van der Waals surface area contributed by atoms with Crippen LogP contribution in [0, 0.1) is 5.41 Å². The maximum absolute atomic E-state index is 12.5. The van der Waals surface area contributed by atoms with Crippen LogP contribution in [-0.4, -0.2) is 40.1 Å². The molecule has 0 spiro atoms. The summed E-state index contributed by atoms with van der Waals surface area (Å²) >= 11 is 3.06. The van der Waals surface area contributed by atoms with Crippen molar-refractivity contribution in [1.82, 2.24) is 15.2 Å². The van der Waals surface area contributed by atoms with Crippen molar-refractivity contribution >= 4 is 34.1 Å². The highest BCUT2D eigenvalue weighted by atomic mass is 32.2. The van der Waals surface area contributed by atoms with E-state index in [0.29, 0.717) is 5.13 Å². The number of aromatic nitrogens is 3. The van der Waals surface area contributed by atoms with Gasteiger partial charge in [0.25, 0.3) is 0 Å². The van der Waals surface area contributed by atoms with Crippen LogP contribution < -0.4 is 4.90 Å². The lowest BCUT2D eigenvalue weighted by atomic mass is 9.95. The van der Waals surface area contributed by atoms with Gasteiger partial charge in [-0.25, -0.2) is 0 Å². The van der Waals surface area contributed by atoms with Crippen LogP contribution in [0.15, 0.2) is 24.5 Å². The molecule has 2 aromatic heterocycles. The first-order chi connectivity index (χ1) is 9.95. The van der Waals surface area contributed by atoms with Crippen molar-refractivity contribution in [2.45, 2.75) is 13.8 Å². The van der Waals surface area contributed by atoms with Gasteiger partial charge in [-0.3, -0.25) is 14.7 Å². The van der Waals surface area contributed by atoms with Crippen LogP contribution in [0.25, 0.3) is 10.6 Å². The van der Waals surface area contributed by atoms with Gasteiger partial charge in [0.1, 0.15) is 0 Å². The number of pyridine rings is 1. The zero-order chi connectivity index (χ0) is 15.5. The molecule has 2 heterocycles. The monoisotopic (exact) mass is 322 g/mol. The first kappa shape index (κ1) is 15.9. The molecule has 0 saturated heterocycles. The highest BCUT2D eigenvalue weighted by molar-refractivity contribution is 7.98. The molecule has 0 fully saturated rings. The fourth-order valence-electron chi connectivity index (χ4n) is 1.92. The van der Waals surface area contributed by atoms with E-state index in [1.54, 1.807) is 36.1 Å². The highest BCUT2D eigenvalue weighted by Gasteiger charge is 2.32. The van der Waals surface area contributed by atoms with Crippen molar-refractivity contribution in [3.8, 4) is 10.6 Å². The van der Waals surface area contributed by atoms with Crippen LogP contribution in [0.3, 0.4) is 0 Å². The Hall–Kier alpha value is -1.47. The minimum absolute atomic E-state index is 0.0470. The van der Waals surface area contributed by atoms with Gasteiger partial charge in [0.15, 0.2) is 5.01 Å². The molecule has 0 unspecified atom stereocenters. The zero-order valence-corrected chi connectivity index (χ0v) is 14.2. The van der Waals surface area contributed by atoms with Gasteiger partial charge >= 0.3 is 0 Å². The average Bonchev–Trinajstić information content (AvgIpc) is 2.96. The molecule has 0 N–H and O–H groups in total. The summed E-state index contributed by atoms with van der Waals surface area (Å²) in [6.45, 7) is 3.90. The number of carbonyl (C=O) groups is 1. The van der Waals surface area contributed by atoms with Crippen molar-refractivity contribution in [2.75, 3.05) is 24.0 Å². The van der Waals surface area contributed by atoms with E-state index >= 15 is 0 Å². The van der Waals surface area contributed by atoms with E-state index in [9.17, 15) is 4.79 Å². The first-order valence-corrected chi connectivity index (χ1v) is 8.68. The SMILES string of the molecule is CSCC(C)(C)C(=O)N(C)c1nnc(-c2cccnc2)s1. The van der Waals surface area contributed by atoms with Gasteiger partial charge in [-0.15, -0.1) is 10.2 Å². The van der Waals surface area contributed by atoms with Crippen LogP contribution in [0.2, 0.25) is 0 Å². The summed E-state index contributed by atoms with van der Waals surface area (Å²) in [4.78, 5) is 18.2. The third-order valence-electron chi connectivity index (χ3n) is 3.00. The van der Waals surface area contributed by atoms with E-state index in [4.69, 9.17) is 0 Å². The van der Waals surface area contributed by atoms with Gasteiger partial charge in [-0.1, -0.05) is 25.2 Å². The van der Waals surface area contributed by atoms with Gasteiger partial charge in [0.2, 0.25) is 11.0 Å². The summed E-state index contributed by atoms with van der Waals surface area (Å²) in [7, 11) is 1.75. The number of hydrogen-bond acceptors (Lipinski definition) is 6. The van der Waals surface area contributed by atoms with E-state index in [0.717, 1.165) is 16.3 Å². The molecule has 2 aromatic rings. The fourth-order valence-corrected chi connectivity index (χ4v) is 3.56. The number of anilines is 1. The predicted octanol–water partition coefficient (Wildman–Crippen LogP) is 2.95. The molecular weight excluding hydrogens is 304 g/mol. The van der Waals surface area contributed by atoms with E-state index in [-0.39, 0.29) is 5.91 Å². The Balaban J connectivity index is 2.20. The average molecular weight is 322 g/mol. The lowest BCUT2D eigenvalue weighted by molar-refractivity contribution is -0.125. The second kappa shape index (κ2) is 6.53. The van der Waals surface area contributed by atoms with E-state index in [2.05, 4.69) is 15.2 Å². The number of amides is 1. The third kappa shape index (κ3) is 3.59. The molecule has 21 heavy (non-hydrogen) atoms. The number of carbonyl (C=O) groups excluding carboxylic acids is 1. The normalized spacial score (nSPS) is 11.4. The number of nitrogens with zero attached hydrogens (tertiary/aromatic N) is 4. The van der Waals surface area contributed by atoms with Crippen molar-refractivity contribution in [3.63, 3.8) is 0 Å². The van der Waals surface area contributed by atoms with Gasteiger partial charge in [0.05, 0.1) is 5.41 Å². The smallest absolute Gasteiger partial charge is 0.235 e. The second-order valence-electron chi connectivity index (χ2n) is 5.31. The van der Waals surface area contributed by atoms with Crippen molar-refractivity contribution < 1.29 is 4.79 Å². The Morgan fingerprint density at radius 3 is 2.81 bits per heavy atom. The van der Waals surface area contributed by atoms with Gasteiger partial charge in [-0.05, 0) is 18.4 Å². The summed E-state index contributed by atoms with van der Waals surface area (Å²) in [6, 6.07) is 3.78. The summed E-state index contributed by atoms with van der Waals surface area (Å²) in [5, 5.41) is 9.64. The summed E-state index contributed by atoms with van der Waals surface area (Å²) in [5.41, 5.74) is 0.486. The van der Waals surface area contributed by atoms with Crippen molar-refractivity contribution in [2.24, 2.45) is 5.41 Å². The highest BCUT2D eigenvalue weighted by Crippen LogP contribution is 2.31. The van der Waals surface area contributed by atoms with E-state index in [1.807, 2.05) is 32.2 Å². The first-order valence-electron chi connectivity index (χ1n) is 6.46. The van der Waals surface area contributed by atoms with Crippen LogP contribution in [-0.2, 0) is 4.79 Å². The zero-order valence-electron chi connectivity index (χ0n) is 12.5.